The molecule has 12 rings (SSSR count). The third-order valence-electron chi connectivity index (χ3n) is 11.2. The van der Waals surface area contributed by atoms with E-state index in [9.17, 15) is 0 Å². The van der Waals surface area contributed by atoms with E-state index in [0.29, 0.717) is 17.5 Å². The van der Waals surface area contributed by atoms with Gasteiger partial charge >= 0.3 is 0 Å². The van der Waals surface area contributed by atoms with Crippen LogP contribution < -0.4 is 30.2 Å². The molecular formula is C45H26N4O2S2Si. The fourth-order valence-corrected chi connectivity index (χ4v) is 18.0. The van der Waals surface area contributed by atoms with Gasteiger partial charge in [-0.1, -0.05) is 127 Å². The first-order chi connectivity index (χ1) is 26.7. The lowest BCUT2D eigenvalue weighted by Gasteiger charge is -2.44. The molecule has 9 heteroatoms. The normalized spacial score (nSPS) is 15.5. The van der Waals surface area contributed by atoms with Gasteiger partial charge in [0.1, 0.15) is 28.6 Å². The average molecular weight is 747 g/mol. The minimum Gasteiger partial charge on any atom is -0.457 e. The predicted octanol–water partition coefficient (Wildman–Crippen LogP) is 7.83. The molecule has 0 saturated heterocycles. The molecule has 8 aromatic rings. The maximum Gasteiger partial charge on any atom is 0.227 e. The van der Waals surface area contributed by atoms with E-state index in [0.717, 1.165) is 44.3 Å². The number of ether oxygens (including phenoxy) is 2. The number of aromatic nitrogens is 4. The molecule has 0 N–H and O–H groups in total. The first kappa shape index (κ1) is 30.5. The van der Waals surface area contributed by atoms with Crippen LogP contribution in [0.3, 0.4) is 0 Å². The van der Waals surface area contributed by atoms with Gasteiger partial charge in [-0.15, -0.1) is 0 Å². The van der Waals surface area contributed by atoms with Crippen LogP contribution in [-0.4, -0.2) is 28.0 Å². The summed E-state index contributed by atoms with van der Waals surface area (Å²) >= 11 is 3.61. The van der Waals surface area contributed by atoms with E-state index in [1.54, 1.807) is 18.1 Å². The number of nitrogens with zero attached hydrogens (tertiary/aromatic N) is 4. The quantitative estimate of drug-likeness (QED) is 0.124. The van der Waals surface area contributed by atoms with Crippen molar-refractivity contribution >= 4 is 52.3 Å². The topological polar surface area (TPSA) is 70.0 Å². The molecule has 54 heavy (non-hydrogen) atoms. The molecule has 0 radical (unpaired) electrons. The molecule has 2 aromatic heterocycles. The molecular weight excluding hydrogens is 721 g/mol. The van der Waals surface area contributed by atoms with Crippen molar-refractivity contribution in [2.24, 2.45) is 0 Å². The van der Waals surface area contributed by atoms with Gasteiger partial charge in [-0.25, -0.2) is 19.9 Å². The number of hydrogen-bond donors (Lipinski definition) is 0. The van der Waals surface area contributed by atoms with Gasteiger partial charge in [0, 0.05) is 54.5 Å². The summed E-state index contributed by atoms with van der Waals surface area (Å²) < 4.78 is 13.2. The second-order valence-electron chi connectivity index (χ2n) is 13.8. The molecule has 4 aliphatic heterocycles. The highest BCUT2D eigenvalue weighted by atomic mass is 32.2. The van der Waals surface area contributed by atoms with Crippen molar-refractivity contribution < 1.29 is 9.47 Å². The molecule has 6 aromatic carbocycles. The molecule has 6 heterocycles. The highest BCUT2D eigenvalue weighted by Crippen LogP contribution is 2.61. The highest BCUT2D eigenvalue weighted by Gasteiger charge is 2.53. The molecule has 0 bridgehead atoms. The zero-order valence-electron chi connectivity index (χ0n) is 28.4. The first-order valence-electron chi connectivity index (χ1n) is 17.8. The second-order valence-corrected chi connectivity index (χ2v) is 19.5. The summed E-state index contributed by atoms with van der Waals surface area (Å²) in [5.41, 5.74) is 3.99. The van der Waals surface area contributed by atoms with E-state index in [2.05, 4.69) is 131 Å². The second kappa shape index (κ2) is 11.3. The Bertz CT molecular complexity index is 2580. The number of hydrogen-bond acceptors (Lipinski definition) is 8. The molecule has 0 atom stereocenters. The van der Waals surface area contributed by atoms with Gasteiger partial charge < -0.3 is 9.47 Å². The van der Waals surface area contributed by atoms with Gasteiger partial charge in [-0.05, 0) is 52.0 Å². The molecule has 0 saturated carbocycles. The fourth-order valence-electron chi connectivity index (χ4n) is 9.07. The van der Waals surface area contributed by atoms with Crippen LogP contribution in [0.25, 0.3) is 11.4 Å². The molecule has 2 spiro atoms. The largest absolute Gasteiger partial charge is 0.457 e. The van der Waals surface area contributed by atoms with Crippen LogP contribution in [0.15, 0.2) is 178 Å². The average Bonchev–Trinajstić information content (AvgIpc) is 3.23. The van der Waals surface area contributed by atoms with E-state index in [-0.39, 0.29) is 0 Å². The first-order valence-corrected chi connectivity index (χ1v) is 21.4. The van der Waals surface area contributed by atoms with Crippen molar-refractivity contribution in [2.45, 2.75) is 25.1 Å². The molecule has 0 fully saturated rings. The lowest BCUT2D eigenvalue weighted by molar-refractivity contribution is 0.388. The van der Waals surface area contributed by atoms with E-state index >= 15 is 0 Å². The van der Waals surface area contributed by atoms with Crippen molar-refractivity contribution in [1.29, 1.82) is 0 Å². The van der Waals surface area contributed by atoms with Crippen LogP contribution in [0.2, 0.25) is 0 Å². The Kier molecular flexibility index (Phi) is 6.35. The van der Waals surface area contributed by atoms with E-state index in [1.165, 1.54) is 35.4 Å². The minimum absolute atomic E-state index is 0.514. The molecule has 6 nitrogen and oxygen atoms in total. The van der Waals surface area contributed by atoms with Crippen LogP contribution in [-0.2, 0) is 5.41 Å². The van der Waals surface area contributed by atoms with Gasteiger partial charge in [0.05, 0.1) is 11.0 Å². The molecule has 0 unspecified atom stereocenters. The van der Waals surface area contributed by atoms with E-state index < -0.39 is 13.5 Å². The van der Waals surface area contributed by atoms with Crippen molar-refractivity contribution in [1.82, 2.24) is 19.9 Å². The van der Waals surface area contributed by atoms with E-state index in [4.69, 9.17) is 19.4 Å². The molecule has 254 valence electrons. The van der Waals surface area contributed by atoms with Gasteiger partial charge in [-0.3, -0.25) is 0 Å². The fraction of sp³-hybridized carbons (Fsp3) is 0.0222. The van der Waals surface area contributed by atoms with Crippen LogP contribution >= 0.6 is 23.5 Å². The van der Waals surface area contributed by atoms with Gasteiger partial charge in [0.25, 0.3) is 0 Å². The number of benzene rings is 6. The number of rotatable bonds is 1. The smallest absolute Gasteiger partial charge is 0.227 e. The van der Waals surface area contributed by atoms with Crippen LogP contribution in [0, 0.1) is 0 Å². The standard InChI is InChI=1S/C45H26N4O2S2Si/c1-3-13-32-28(11-1)45(29-12-2-4-14-33(29)50-32)30-22-21-27(23-34(30)51-43-31(45)24-46-26-48-43)42-47-25-41-44(49-42)53-37-17-7-10-20-40(37)54(41)38-18-8-5-15-35(38)52-36-16-6-9-19-39(36)54/h1-26H. The van der Waals surface area contributed by atoms with Crippen molar-refractivity contribution in [2.75, 3.05) is 0 Å². The zero-order valence-corrected chi connectivity index (χ0v) is 31.1. The lowest BCUT2D eigenvalue weighted by Crippen LogP contribution is -2.78. The summed E-state index contributed by atoms with van der Waals surface area (Å²) in [6.07, 6.45) is 5.53. The lowest BCUT2D eigenvalue weighted by atomic mass is 9.63. The summed E-state index contributed by atoms with van der Waals surface area (Å²) in [4.78, 5) is 23.7. The maximum atomic E-state index is 6.68. The monoisotopic (exact) mass is 746 g/mol. The Balaban J connectivity index is 1.07. The SMILES string of the molecule is c1ccc2c(c1)Oc1ccccc1C21c2ccc(-c3ncc4c(n3)Sc3ccccc3[Si]43c4ccccc4Sc4ccccc43)cc2Oc2ncncc21. The molecule has 4 aliphatic rings. The third kappa shape index (κ3) is 3.93. The third-order valence-corrected chi connectivity index (χ3v) is 19.1. The summed E-state index contributed by atoms with van der Waals surface area (Å²) in [5.74, 6) is 3.45. The van der Waals surface area contributed by atoms with E-state index in [1.807, 2.05) is 42.2 Å². The molecule has 0 amide bonds. The van der Waals surface area contributed by atoms with Gasteiger partial charge in [-0.2, -0.15) is 0 Å². The van der Waals surface area contributed by atoms with Gasteiger partial charge in [0.15, 0.2) is 13.9 Å². The Labute approximate surface area is 320 Å². The van der Waals surface area contributed by atoms with Crippen LogP contribution in [0.4, 0.5) is 0 Å². The maximum absolute atomic E-state index is 6.68. The minimum atomic E-state index is -2.75. The Morgan fingerprint density at radius 3 is 1.78 bits per heavy atom. The number of para-hydroxylation sites is 2. The van der Waals surface area contributed by atoms with Crippen molar-refractivity contribution in [3.63, 3.8) is 0 Å². The van der Waals surface area contributed by atoms with Crippen LogP contribution in [0.1, 0.15) is 22.3 Å². The zero-order chi connectivity index (χ0) is 35.4. The van der Waals surface area contributed by atoms with Crippen molar-refractivity contribution in [3.05, 3.63) is 181 Å². The Morgan fingerprint density at radius 1 is 0.500 bits per heavy atom. The highest BCUT2D eigenvalue weighted by molar-refractivity contribution is 8.01. The summed E-state index contributed by atoms with van der Waals surface area (Å²) in [7, 11) is -2.75. The van der Waals surface area contributed by atoms with Crippen LogP contribution in [0.5, 0.6) is 23.1 Å². The summed E-state index contributed by atoms with van der Waals surface area (Å²) in [6.45, 7) is 0. The summed E-state index contributed by atoms with van der Waals surface area (Å²) in [5, 5.41) is 6.41. The van der Waals surface area contributed by atoms with Crippen molar-refractivity contribution in [3.8, 4) is 34.5 Å². The predicted molar refractivity (Wildman–Crippen MR) is 213 cm³/mol. The number of fused-ring (bicyclic) bond motifs is 16. The Hall–Kier alpha value is -6.00. The molecule has 0 aliphatic carbocycles. The summed E-state index contributed by atoms with van der Waals surface area (Å²) in [6, 6.07) is 49.5. The Morgan fingerprint density at radius 2 is 1.09 bits per heavy atom. The van der Waals surface area contributed by atoms with Gasteiger partial charge in [0.2, 0.25) is 5.88 Å².